The van der Waals surface area contributed by atoms with Crippen LogP contribution in [0.3, 0.4) is 0 Å². The minimum Gasteiger partial charge on any atom is -0.300 e. The highest BCUT2D eigenvalue weighted by Crippen LogP contribution is 2.38. The van der Waals surface area contributed by atoms with Crippen LogP contribution in [0.15, 0.2) is 24.3 Å². The molecule has 14 heavy (non-hydrogen) atoms. The maximum atomic E-state index is 11.1. The number of benzene rings is 1. The third-order valence-corrected chi connectivity index (χ3v) is 3.83. The van der Waals surface area contributed by atoms with Crippen LogP contribution in [0.5, 0.6) is 0 Å². The minimum absolute atomic E-state index is 0.291. The van der Waals surface area contributed by atoms with Gasteiger partial charge in [0.05, 0.1) is 0 Å². The first-order valence-electron chi connectivity index (χ1n) is 4.96. The van der Waals surface area contributed by atoms with Gasteiger partial charge in [0.1, 0.15) is 5.78 Å². The number of carbonyl (C=O) groups is 1. The van der Waals surface area contributed by atoms with Gasteiger partial charge in [-0.25, -0.2) is 0 Å². The molecule has 0 aromatic heterocycles. The van der Waals surface area contributed by atoms with Crippen molar-refractivity contribution in [2.45, 2.75) is 25.0 Å². The van der Waals surface area contributed by atoms with Gasteiger partial charge < -0.3 is 0 Å². The van der Waals surface area contributed by atoms with Crippen LogP contribution in [0.4, 0.5) is 0 Å². The minimum atomic E-state index is 0.291. The van der Waals surface area contributed by atoms with Crippen molar-refractivity contribution in [1.82, 2.24) is 0 Å². The number of thioether (sulfide) groups is 1. The zero-order valence-electron chi connectivity index (χ0n) is 8.32. The Morgan fingerprint density at radius 2 is 2.29 bits per heavy atom. The Morgan fingerprint density at radius 1 is 1.50 bits per heavy atom. The second kappa shape index (κ2) is 4.18. The lowest BCUT2D eigenvalue weighted by molar-refractivity contribution is -0.117. The molecule has 0 saturated carbocycles. The third-order valence-electron chi connectivity index (χ3n) is 2.57. The Hall–Kier alpha value is -0.760. The van der Waals surface area contributed by atoms with Crippen molar-refractivity contribution in [3.05, 3.63) is 35.4 Å². The van der Waals surface area contributed by atoms with Gasteiger partial charge in [-0.05, 0) is 30.2 Å². The lowest BCUT2D eigenvalue weighted by Crippen LogP contribution is -2.10. The number of aryl methyl sites for hydroxylation is 1. The van der Waals surface area contributed by atoms with Crippen LogP contribution in [0, 0.1) is 0 Å². The van der Waals surface area contributed by atoms with E-state index in [4.69, 9.17) is 0 Å². The zero-order valence-corrected chi connectivity index (χ0v) is 9.14. The van der Waals surface area contributed by atoms with Crippen molar-refractivity contribution in [2.75, 3.05) is 5.75 Å². The third kappa shape index (κ3) is 2.01. The van der Waals surface area contributed by atoms with Crippen LogP contribution in [-0.4, -0.2) is 11.5 Å². The first kappa shape index (κ1) is 9.78. The molecule has 1 aromatic rings. The summed E-state index contributed by atoms with van der Waals surface area (Å²) in [5.74, 6) is 1.44. The summed E-state index contributed by atoms with van der Waals surface area (Å²) in [6, 6.07) is 8.49. The first-order valence-corrected chi connectivity index (χ1v) is 6.01. The molecule has 1 unspecified atom stereocenters. The van der Waals surface area contributed by atoms with Crippen LogP contribution in [0.2, 0.25) is 0 Å². The second-order valence-electron chi connectivity index (χ2n) is 3.71. The molecule has 1 aliphatic heterocycles. The molecule has 1 heterocycles. The Bertz CT molecular complexity index is 346. The smallest absolute Gasteiger partial charge is 0.131 e. The summed E-state index contributed by atoms with van der Waals surface area (Å²) < 4.78 is 0. The van der Waals surface area contributed by atoms with Crippen molar-refractivity contribution >= 4 is 17.5 Å². The molecule has 2 heteroatoms. The predicted molar refractivity (Wildman–Crippen MR) is 60.6 cm³/mol. The number of hydrogen-bond acceptors (Lipinski definition) is 2. The summed E-state index contributed by atoms with van der Waals surface area (Å²) in [5.41, 5.74) is 2.80. The summed E-state index contributed by atoms with van der Waals surface area (Å²) in [4.78, 5) is 11.1. The molecule has 1 atom stereocenters. The monoisotopic (exact) mass is 206 g/mol. The largest absolute Gasteiger partial charge is 0.300 e. The number of carbonyl (C=O) groups excluding carboxylic acids is 1. The number of Topliss-reactive ketones (excluding diaryl/α,β-unsaturated/α-hetero) is 1. The molecule has 0 amide bonds. The average molecular weight is 206 g/mol. The highest BCUT2D eigenvalue weighted by atomic mass is 32.2. The van der Waals surface area contributed by atoms with Crippen molar-refractivity contribution in [2.24, 2.45) is 0 Å². The lowest BCUT2D eigenvalue weighted by Gasteiger charge is -2.24. The molecule has 0 radical (unpaired) electrons. The van der Waals surface area contributed by atoms with Crippen molar-refractivity contribution in [3.8, 4) is 0 Å². The zero-order chi connectivity index (χ0) is 9.97. The predicted octanol–water partition coefficient (Wildman–Crippen LogP) is 3.00. The Labute approximate surface area is 88.9 Å². The van der Waals surface area contributed by atoms with Gasteiger partial charge in [-0.15, -0.1) is 0 Å². The van der Waals surface area contributed by atoms with E-state index in [-0.39, 0.29) is 0 Å². The van der Waals surface area contributed by atoms with Crippen LogP contribution in [-0.2, 0) is 11.2 Å². The molecule has 0 N–H and O–H groups in total. The summed E-state index contributed by atoms with van der Waals surface area (Å²) >= 11 is 1.91. The first-order chi connectivity index (χ1) is 6.77. The maximum absolute atomic E-state index is 11.1. The van der Waals surface area contributed by atoms with Crippen molar-refractivity contribution in [1.29, 1.82) is 0 Å². The molecule has 0 spiro atoms. The van der Waals surface area contributed by atoms with E-state index in [1.807, 2.05) is 11.8 Å². The van der Waals surface area contributed by atoms with Crippen LogP contribution in [0.25, 0.3) is 0 Å². The molecule has 0 saturated heterocycles. The average Bonchev–Trinajstić information content (AvgIpc) is 2.18. The fourth-order valence-electron chi connectivity index (χ4n) is 1.91. The highest BCUT2D eigenvalue weighted by molar-refractivity contribution is 7.99. The van der Waals surface area contributed by atoms with E-state index in [9.17, 15) is 4.79 Å². The van der Waals surface area contributed by atoms with Crippen molar-refractivity contribution in [3.63, 3.8) is 0 Å². The molecule has 1 aliphatic rings. The molecular formula is C12H14OS. The number of fused-ring (bicyclic) bond motifs is 1. The molecule has 0 fully saturated rings. The number of ketones is 1. The van der Waals surface area contributed by atoms with Gasteiger partial charge in [-0.2, -0.15) is 11.8 Å². The molecular weight excluding hydrogens is 192 g/mol. The number of hydrogen-bond donors (Lipinski definition) is 0. The normalized spacial score (nSPS) is 20.2. The number of rotatable bonds is 2. The SMILES string of the molecule is CC(=O)CC1SCCc2ccccc21. The molecule has 1 nitrogen and oxygen atoms in total. The molecule has 74 valence electrons. The summed E-state index contributed by atoms with van der Waals surface area (Å²) in [7, 11) is 0. The van der Waals surface area contributed by atoms with E-state index in [0.29, 0.717) is 17.5 Å². The fourth-order valence-corrected chi connectivity index (χ4v) is 3.29. The van der Waals surface area contributed by atoms with E-state index in [1.165, 1.54) is 11.1 Å². The maximum Gasteiger partial charge on any atom is 0.131 e. The van der Waals surface area contributed by atoms with Crippen LogP contribution < -0.4 is 0 Å². The molecule has 0 bridgehead atoms. The van der Waals surface area contributed by atoms with Crippen LogP contribution in [0.1, 0.15) is 29.7 Å². The summed E-state index contributed by atoms with van der Waals surface area (Å²) in [5, 5.41) is 0.400. The second-order valence-corrected chi connectivity index (χ2v) is 5.03. The Balaban J connectivity index is 2.26. The quantitative estimate of drug-likeness (QED) is 0.740. The molecule has 0 aliphatic carbocycles. The van der Waals surface area contributed by atoms with Crippen molar-refractivity contribution < 1.29 is 4.79 Å². The Morgan fingerprint density at radius 3 is 3.07 bits per heavy atom. The van der Waals surface area contributed by atoms with Gasteiger partial charge >= 0.3 is 0 Å². The standard InChI is InChI=1S/C12H14OS/c1-9(13)8-12-11-5-3-2-4-10(11)6-7-14-12/h2-5,12H,6-8H2,1H3. The van der Waals surface area contributed by atoms with Gasteiger partial charge in [0, 0.05) is 11.7 Å². The molecule has 2 rings (SSSR count). The van der Waals surface area contributed by atoms with E-state index in [1.54, 1.807) is 6.92 Å². The van der Waals surface area contributed by atoms with E-state index in [0.717, 1.165) is 12.2 Å². The van der Waals surface area contributed by atoms with Gasteiger partial charge in [0.25, 0.3) is 0 Å². The van der Waals surface area contributed by atoms with Gasteiger partial charge in [0.2, 0.25) is 0 Å². The van der Waals surface area contributed by atoms with E-state index in [2.05, 4.69) is 24.3 Å². The Kier molecular flexibility index (Phi) is 2.92. The van der Waals surface area contributed by atoms with Gasteiger partial charge in [-0.3, -0.25) is 4.79 Å². The summed E-state index contributed by atoms with van der Waals surface area (Å²) in [6.07, 6.45) is 1.83. The lowest BCUT2D eigenvalue weighted by atomic mass is 9.99. The van der Waals surface area contributed by atoms with Crippen LogP contribution >= 0.6 is 11.8 Å². The van der Waals surface area contributed by atoms with E-state index < -0.39 is 0 Å². The fraction of sp³-hybridized carbons (Fsp3) is 0.417. The van der Waals surface area contributed by atoms with Gasteiger partial charge in [0.15, 0.2) is 0 Å². The van der Waals surface area contributed by atoms with Gasteiger partial charge in [-0.1, -0.05) is 24.3 Å². The summed E-state index contributed by atoms with van der Waals surface area (Å²) in [6.45, 7) is 1.68. The molecule has 1 aromatic carbocycles. The van der Waals surface area contributed by atoms with E-state index >= 15 is 0 Å². The highest BCUT2D eigenvalue weighted by Gasteiger charge is 2.20. The topological polar surface area (TPSA) is 17.1 Å².